The number of thiazole rings is 1. The van der Waals surface area contributed by atoms with E-state index < -0.39 is 12.0 Å². The van der Waals surface area contributed by atoms with E-state index in [9.17, 15) is 9.59 Å². The van der Waals surface area contributed by atoms with E-state index in [0.717, 1.165) is 0 Å². The number of benzene rings is 2. The van der Waals surface area contributed by atoms with E-state index in [0.29, 0.717) is 65.8 Å². The maximum absolute atomic E-state index is 13.9. The fourth-order valence-corrected chi connectivity index (χ4v) is 6.06. The summed E-state index contributed by atoms with van der Waals surface area (Å²) in [5.41, 5.74) is 1.69. The molecule has 4 aromatic rings. The van der Waals surface area contributed by atoms with Crippen molar-refractivity contribution < 1.29 is 23.4 Å². The number of nitrogens with zero attached hydrogens (tertiary/aromatic N) is 2. The summed E-state index contributed by atoms with van der Waals surface area (Å²) in [5.74, 6) is 1.44. The Balaban J connectivity index is 1.66. The van der Waals surface area contributed by atoms with Gasteiger partial charge < -0.3 is 18.6 Å². The van der Waals surface area contributed by atoms with Crippen LogP contribution in [0.25, 0.3) is 17.4 Å². The van der Waals surface area contributed by atoms with E-state index in [1.54, 1.807) is 75.6 Å². The molecule has 0 radical (unpaired) electrons. The molecule has 212 valence electrons. The Morgan fingerprint density at radius 2 is 1.93 bits per heavy atom. The van der Waals surface area contributed by atoms with Gasteiger partial charge in [-0.1, -0.05) is 46.7 Å². The second-order valence-corrected chi connectivity index (χ2v) is 10.7. The van der Waals surface area contributed by atoms with Crippen LogP contribution in [0.5, 0.6) is 11.5 Å². The molecule has 1 aliphatic heterocycles. The summed E-state index contributed by atoms with van der Waals surface area (Å²) in [6.45, 7) is 5.91. The Morgan fingerprint density at radius 1 is 1.12 bits per heavy atom. The van der Waals surface area contributed by atoms with Crippen molar-refractivity contribution in [3.63, 3.8) is 0 Å². The number of ether oxygens (including phenoxy) is 3. The molecule has 0 spiro atoms. The number of halogens is 2. The standard InChI is InChI=1S/C30H26Cl2N2O6S/c1-5-38-23-14-17(10-12-22(23)37-4)27-25(29(36)39-6-2)16(3)33-30-34(27)28(35)24(41-30)15-18-11-13-21(40-18)19-8-7-9-20(31)26(19)32/h7-15,27H,5-6H2,1-4H3/b24-15-/t27-/m0/s1. The molecule has 2 aromatic carbocycles. The van der Waals surface area contributed by atoms with Gasteiger partial charge in [0.25, 0.3) is 5.56 Å². The molecule has 0 saturated carbocycles. The summed E-state index contributed by atoms with van der Waals surface area (Å²) in [5, 5.41) is 0.788. The van der Waals surface area contributed by atoms with Gasteiger partial charge in [-0.3, -0.25) is 9.36 Å². The molecule has 0 bridgehead atoms. The van der Waals surface area contributed by atoms with Crippen LogP contribution < -0.4 is 24.4 Å². The molecule has 1 atom stereocenters. The normalized spacial score (nSPS) is 15.0. The molecule has 0 unspecified atom stereocenters. The molecule has 2 aromatic heterocycles. The number of aromatic nitrogens is 1. The minimum atomic E-state index is -0.796. The number of rotatable bonds is 8. The molecule has 3 heterocycles. The zero-order valence-corrected chi connectivity index (χ0v) is 25.0. The summed E-state index contributed by atoms with van der Waals surface area (Å²) in [6, 6.07) is 13.3. The zero-order chi connectivity index (χ0) is 29.3. The number of carbonyl (C=O) groups excluding carboxylic acids is 1. The monoisotopic (exact) mass is 612 g/mol. The maximum Gasteiger partial charge on any atom is 0.338 e. The number of fused-ring (bicyclic) bond motifs is 1. The SMILES string of the molecule is CCOC(=O)C1=C(C)N=c2s/c(=C\c3ccc(-c4cccc(Cl)c4Cl)o3)c(=O)n2[C@H]1c1ccc(OC)c(OCC)c1. The van der Waals surface area contributed by atoms with Gasteiger partial charge in [-0.15, -0.1) is 0 Å². The average Bonchev–Trinajstić information content (AvgIpc) is 3.53. The lowest BCUT2D eigenvalue weighted by Gasteiger charge is -2.25. The van der Waals surface area contributed by atoms with Crippen LogP contribution in [0.3, 0.4) is 0 Å². The predicted octanol–water partition coefficient (Wildman–Crippen LogP) is 5.77. The van der Waals surface area contributed by atoms with Gasteiger partial charge in [0, 0.05) is 11.6 Å². The van der Waals surface area contributed by atoms with Crippen LogP contribution in [0.4, 0.5) is 0 Å². The van der Waals surface area contributed by atoms with E-state index in [4.69, 9.17) is 41.8 Å². The third-order valence-corrected chi connectivity index (χ3v) is 8.24. The van der Waals surface area contributed by atoms with Gasteiger partial charge in [0.05, 0.1) is 52.2 Å². The molecule has 41 heavy (non-hydrogen) atoms. The van der Waals surface area contributed by atoms with Gasteiger partial charge in [-0.05, 0) is 62.7 Å². The first kappa shape index (κ1) is 28.7. The Bertz CT molecular complexity index is 1850. The highest BCUT2D eigenvalue weighted by atomic mass is 35.5. The van der Waals surface area contributed by atoms with Gasteiger partial charge in [-0.25, -0.2) is 9.79 Å². The number of methoxy groups -OCH3 is 1. The van der Waals surface area contributed by atoms with E-state index in [-0.39, 0.29) is 17.7 Å². The third kappa shape index (κ3) is 5.45. The first-order chi connectivity index (χ1) is 19.8. The molecular weight excluding hydrogens is 587 g/mol. The van der Waals surface area contributed by atoms with Crippen molar-refractivity contribution in [2.24, 2.45) is 4.99 Å². The third-order valence-electron chi connectivity index (χ3n) is 6.44. The topological polar surface area (TPSA) is 92.3 Å². The summed E-state index contributed by atoms with van der Waals surface area (Å²) >= 11 is 13.7. The Hall–Kier alpha value is -3.79. The number of allylic oxidation sites excluding steroid dienone is 1. The molecular formula is C30H26Cl2N2O6S. The molecule has 0 fully saturated rings. The first-order valence-electron chi connectivity index (χ1n) is 12.8. The average molecular weight is 614 g/mol. The van der Waals surface area contributed by atoms with Crippen LogP contribution in [0.2, 0.25) is 10.0 Å². The van der Waals surface area contributed by atoms with Gasteiger partial charge >= 0.3 is 5.97 Å². The van der Waals surface area contributed by atoms with Crippen molar-refractivity contribution in [1.29, 1.82) is 0 Å². The van der Waals surface area contributed by atoms with Crippen LogP contribution >= 0.6 is 34.5 Å². The van der Waals surface area contributed by atoms with Crippen LogP contribution in [0, 0.1) is 0 Å². The summed E-state index contributed by atoms with van der Waals surface area (Å²) in [6.07, 6.45) is 1.64. The van der Waals surface area contributed by atoms with Gasteiger partial charge in [0.2, 0.25) is 0 Å². The van der Waals surface area contributed by atoms with Gasteiger partial charge in [-0.2, -0.15) is 0 Å². The Labute approximate surface area is 249 Å². The molecule has 5 rings (SSSR count). The van der Waals surface area contributed by atoms with Crippen LogP contribution in [0.1, 0.15) is 38.1 Å². The van der Waals surface area contributed by atoms with Crippen LogP contribution in [-0.4, -0.2) is 30.9 Å². The number of furan rings is 1. The number of hydrogen-bond donors (Lipinski definition) is 0. The molecule has 0 amide bonds. The molecule has 8 nitrogen and oxygen atoms in total. The van der Waals surface area contributed by atoms with Gasteiger partial charge in [0.1, 0.15) is 11.5 Å². The van der Waals surface area contributed by atoms with E-state index >= 15 is 0 Å². The minimum Gasteiger partial charge on any atom is -0.493 e. The lowest BCUT2D eigenvalue weighted by Crippen LogP contribution is -2.39. The van der Waals surface area contributed by atoms with Crippen molar-refractivity contribution in [2.75, 3.05) is 20.3 Å². The lowest BCUT2D eigenvalue weighted by molar-refractivity contribution is -0.139. The van der Waals surface area contributed by atoms with E-state index in [1.165, 1.54) is 15.9 Å². The molecule has 0 saturated heterocycles. The fourth-order valence-electron chi connectivity index (χ4n) is 4.64. The Kier molecular flexibility index (Phi) is 8.40. The highest BCUT2D eigenvalue weighted by Gasteiger charge is 2.34. The number of hydrogen-bond acceptors (Lipinski definition) is 8. The second-order valence-electron chi connectivity index (χ2n) is 8.95. The number of esters is 1. The van der Waals surface area contributed by atoms with Crippen LogP contribution in [0.15, 0.2) is 74.0 Å². The molecule has 11 heteroatoms. The largest absolute Gasteiger partial charge is 0.493 e. The quantitative estimate of drug-likeness (QED) is 0.234. The number of carbonyl (C=O) groups is 1. The smallest absolute Gasteiger partial charge is 0.338 e. The first-order valence-corrected chi connectivity index (χ1v) is 14.4. The van der Waals surface area contributed by atoms with E-state index in [1.807, 2.05) is 6.92 Å². The zero-order valence-electron chi connectivity index (χ0n) is 22.7. The summed E-state index contributed by atoms with van der Waals surface area (Å²) < 4.78 is 24.5. The highest BCUT2D eigenvalue weighted by molar-refractivity contribution is 7.07. The van der Waals surface area contributed by atoms with Crippen molar-refractivity contribution in [3.8, 4) is 22.8 Å². The van der Waals surface area contributed by atoms with Crippen molar-refractivity contribution in [3.05, 3.63) is 101 Å². The highest BCUT2D eigenvalue weighted by Crippen LogP contribution is 2.37. The predicted molar refractivity (Wildman–Crippen MR) is 159 cm³/mol. The van der Waals surface area contributed by atoms with Crippen LogP contribution in [-0.2, 0) is 9.53 Å². The van der Waals surface area contributed by atoms with Gasteiger partial charge in [0.15, 0.2) is 16.3 Å². The molecule has 0 aliphatic carbocycles. The second kappa shape index (κ2) is 12.0. The fraction of sp³-hybridized carbons (Fsp3) is 0.233. The van der Waals surface area contributed by atoms with Crippen molar-refractivity contribution in [2.45, 2.75) is 26.8 Å². The Morgan fingerprint density at radius 3 is 2.66 bits per heavy atom. The molecule has 0 N–H and O–H groups in total. The summed E-state index contributed by atoms with van der Waals surface area (Å²) in [4.78, 5) is 32.2. The van der Waals surface area contributed by atoms with E-state index in [2.05, 4.69) is 4.99 Å². The molecule has 1 aliphatic rings. The van der Waals surface area contributed by atoms with Crippen molar-refractivity contribution in [1.82, 2.24) is 4.57 Å². The summed E-state index contributed by atoms with van der Waals surface area (Å²) in [7, 11) is 1.55. The maximum atomic E-state index is 13.9. The van der Waals surface area contributed by atoms with Crippen molar-refractivity contribution >= 4 is 46.6 Å². The minimum absolute atomic E-state index is 0.178. The lowest BCUT2D eigenvalue weighted by atomic mass is 9.95.